The van der Waals surface area contributed by atoms with Gasteiger partial charge in [0.1, 0.15) is 11.9 Å². The van der Waals surface area contributed by atoms with Gasteiger partial charge in [0.25, 0.3) is 0 Å². The van der Waals surface area contributed by atoms with E-state index in [1.54, 1.807) is 18.2 Å². The summed E-state index contributed by atoms with van der Waals surface area (Å²) >= 11 is 1.33. The third-order valence-electron chi connectivity index (χ3n) is 6.18. The van der Waals surface area contributed by atoms with Crippen LogP contribution < -0.4 is 4.90 Å². The molecule has 3 atom stereocenters. The molecule has 1 aromatic heterocycles. The molecule has 0 N–H and O–H groups in total. The zero-order valence-corrected chi connectivity index (χ0v) is 17.1. The van der Waals surface area contributed by atoms with Crippen molar-refractivity contribution in [3.8, 4) is 12.1 Å². The number of hydrogen-bond donors (Lipinski definition) is 0. The van der Waals surface area contributed by atoms with Gasteiger partial charge in [-0.05, 0) is 40.8 Å². The van der Waals surface area contributed by atoms with Gasteiger partial charge in [-0.1, -0.05) is 48.6 Å². The highest BCUT2D eigenvalue weighted by Gasteiger charge is 2.63. The molecule has 4 nitrogen and oxygen atoms in total. The van der Waals surface area contributed by atoms with Gasteiger partial charge in [-0.3, -0.25) is 4.79 Å². The Kier molecular flexibility index (Phi) is 4.46. The van der Waals surface area contributed by atoms with Crippen molar-refractivity contribution >= 4 is 28.9 Å². The van der Waals surface area contributed by atoms with Crippen LogP contribution in [-0.2, 0) is 0 Å². The summed E-state index contributed by atoms with van der Waals surface area (Å²) in [6, 6.07) is 20.1. The Bertz CT molecular complexity index is 1250. The van der Waals surface area contributed by atoms with Gasteiger partial charge < -0.3 is 4.90 Å². The molecular formula is C25H16FN3OS. The Labute approximate surface area is 183 Å². The van der Waals surface area contributed by atoms with E-state index in [2.05, 4.69) is 12.1 Å². The SMILES string of the molecule is N#CC1(C#N)[C@@H]2C=Cc3ccccc3N2[C@@H](C(=O)c2cccs2)[C@@H]1c1ccc(F)cc1. The van der Waals surface area contributed by atoms with Crippen LogP contribution in [0.15, 0.2) is 72.1 Å². The van der Waals surface area contributed by atoms with E-state index in [0.29, 0.717) is 10.4 Å². The molecule has 2 aliphatic heterocycles. The van der Waals surface area contributed by atoms with Crippen molar-refractivity contribution in [3.05, 3.63) is 93.9 Å². The Morgan fingerprint density at radius 1 is 1.03 bits per heavy atom. The van der Waals surface area contributed by atoms with Crippen LogP contribution in [-0.4, -0.2) is 17.9 Å². The number of rotatable bonds is 3. The van der Waals surface area contributed by atoms with Gasteiger partial charge in [0.05, 0.1) is 23.1 Å². The number of nitriles is 2. The van der Waals surface area contributed by atoms with E-state index >= 15 is 0 Å². The normalized spacial score (nSPS) is 22.8. The number of carbonyl (C=O) groups is 1. The number of Topliss-reactive ketones (excluding diaryl/α,β-unsaturated/α-hetero) is 1. The first kappa shape index (κ1) is 19.2. The van der Waals surface area contributed by atoms with Crippen LogP contribution in [0.25, 0.3) is 6.08 Å². The average molecular weight is 425 g/mol. The molecule has 2 aromatic carbocycles. The molecule has 0 aliphatic carbocycles. The molecule has 3 aromatic rings. The van der Waals surface area contributed by atoms with E-state index in [4.69, 9.17) is 0 Å². The third kappa shape index (κ3) is 2.73. The summed E-state index contributed by atoms with van der Waals surface area (Å²) in [6.45, 7) is 0. The topological polar surface area (TPSA) is 67.9 Å². The highest BCUT2D eigenvalue weighted by atomic mass is 32.1. The first-order chi connectivity index (χ1) is 15.1. The van der Waals surface area contributed by atoms with Crippen molar-refractivity contribution in [2.24, 2.45) is 5.41 Å². The van der Waals surface area contributed by atoms with Crippen molar-refractivity contribution < 1.29 is 9.18 Å². The predicted octanol–water partition coefficient (Wildman–Crippen LogP) is 5.17. The molecule has 1 fully saturated rings. The fourth-order valence-electron chi connectivity index (χ4n) is 4.84. The lowest BCUT2D eigenvalue weighted by molar-refractivity contribution is 0.0955. The highest BCUT2D eigenvalue weighted by molar-refractivity contribution is 7.12. The first-order valence-corrected chi connectivity index (χ1v) is 10.7. The number of anilines is 1. The van der Waals surface area contributed by atoms with Gasteiger partial charge in [-0.2, -0.15) is 10.5 Å². The second-order valence-electron chi connectivity index (χ2n) is 7.68. The Balaban J connectivity index is 1.79. The van der Waals surface area contributed by atoms with E-state index in [-0.39, 0.29) is 5.78 Å². The summed E-state index contributed by atoms with van der Waals surface area (Å²) in [5.74, 6) is -1.31. The molecule has 6 heteroatoms. The molecule has 31 heavy (non-hydrogen) atoms. The monoisotopic (exact) mass is 425 g/mol. The fraction of sp³-hybridized carbons (Fsp3) is 0.160. The van der Waals surface area contributed by atoms with Crippen molar-refractivity contribution in [2.45, 2.75) is 18.0 Å². The van der Waals surface area contributed by atoms with Crippen molar-refractivity contribution in [2.75, 3.05) is 4.90 Å². The van der Waals surface area contributed by atoms with Gasteiger partial charge in [0, 0.05) is 11.6 Å². The zero-order chi connectivity index (χ0) is 21.6. The number of fused-ring (bicyclic) bond motifs is 3. The lowest BCUT2D eigenvalue weighted by Gasteiger charge is -2.35. The number of hydrogen-bond acceptors (Lipinski definition) is 5. The maximum absolute atomic E-state index is 13.8. The minimum Gasteiger partial charge on any atom is -0.351 e. The predicted molar refractivity (Wildman–Crippen MR) is 117 cm³/mol. The first-order valence-electron chi connectivity index (χ1n) is 9.82. The Morgan fingerprint density at radius 3 is 2.45 bits per heavy atom. The van der Waals surface area contributed by atoms with Crippen molar-refractivity contribution in [1.82, 2.24) is 0 Å². The quantitative estimate of drug-likeness (QED) is 0.543. The molecule has 5 rings (SSSR count). The second-order valence-corrected chi connectivity index (χ2v) is 8.63. The number of thiophene rings is 1. The van der Waals surface area contributed by atoms with Crippen molar-refractivity contribution in [3.63, 3.8) is 0 Å². The lowest BCUT2D eigenvalue weighted by atomic mass is 9.69. The Morgan fingerprint density at radius 2 is 1.77 bits per heavy atom. The van der Waals surface area contributed by atoms with Gasteiger partial charge in [-0.25, -0.2) is 4.39 Å². The van der Waals surface area contributed by atoms with Crippen LogP contribution in [0, 0.1) is 33.9 Å². The molecule has 0 amide bonds. The minimum atomic E-state index is -1.51. The van der Waals surface area contributed by atoms with E-state index < -0.39 is 29.2 Å². The fourth-order valence-corrected chi connectivity index (χ4v) is 5.54. The number of halogens is 1. The number of benzene rings is 2. The van der Waals surface area contributed by atoms with Crippen LogP contribution in [0.3, 0.4) is 0 Å². The summed E-state index contributed by atoms with van der Waals surface area (Å²) in [5, 5.41) is 22.4. The molecule has 1 saturated heterocycles. The highest BCUT2D eigenvalue weighted by Crippen LogP contribution is 2.55. The van der Waals surface area contributed by atoms with Crippen molar-refractivity contribution in [1.29, 1.82) is 10.5 Å². The van der Waals surface area contributed by atoms with Crippen LogP contribution in [0.2, 0.25) is 0 Å². The Hall–Kier alpha value is -3.74. The van der Waals surface area contributed by atoms with Gasteiger partial charge in [0.15, 0.2) is 11.2 Å². The maximum Gasteiger partial charge on any atom is 0.195 e. The van der Waals surface area contributed by atoms with Crippen LogP contribution in [0.5, 0.6) is 0 Å². The number of carbonyl (C=O) groups excluding carboxylic acids is 1. The molecule has 0 radical (unpaired) electrons. The van der Waals surface area contributed by atoms with Gasteiger partial charge >= 0.3 is 0 Å². The summed E-state index contributed by atoms with van der Waals surface area (Å²) in [4.78, 5) is 16.3. The zero-order valence-electron chi connectivity index (χ0n) is 16.3. The second kappa shape index (κ2) is 7.19. The standard InChI is InChI=1S/C25H16FN3OS/c26-18-10-7-17(8-11-18)22-23(24(30)20-6-3-13-31-20)29-19-5-2-1-4-16(19)9-12-21(29)25(22,14-27)15-28/h1-13,21-23H/t21-,22-,23+/m0/s1. The van der Waals surface area contributed by atoms with Crippen LogP contribution in [0.1, 0.15) is 26.7 Å². The van der Waals surface area contributed by atoms with E-state index in [1.807, 2.05) is 52.8 Å². The third-order valence-corrected chi connectivity index (χ3v) is 7.06. The summed E-state index contributed by atoms with van der Waals surface area (Å²) < 4.78 is 13.7. The summed E-state index contributed by atoms with van der Waals surface area (Å²) in [7, 11) is 0. The molecule has 0 bridgehead atoms. The van der Waals surface area contributed by atoms with Gasteiger partial charge in [0.2, 0.25) is 0 Å². The van der Waals surface area contributed by atoms with Crippen LogP contribution in [0.4, 0.5) is 10.1 Å². The van der Waals surface area contributed by atoms with E-state index in [1.165, 1.54) is 23.5 Å². The number of ketones is 1. The molecular weight excluding hydrogens is 409 g/mol. The van der Waals surface area contributed by atoms with Gasteiger partial charge in [-0.15, -0.1) is 11.3 Å². The van der Waals surface area contributed by atoms with E-state index in [0.717, 1.165) is 11.3 Å². The minimum absolute atomic E-state index is 0.146. The number of nitrogens with zero attached hydrogens (tertiary/aromatic N) is 3. The summed E-state index contributed by atoms with van der Waals surface area (Å²) in [5.41, 5.74) is 0.816. The molecule has 0 unspecified atom stereocenters. The largest absolute Gasteiger partial charge is 0.351 e. The molecule has 3 heterocycles. The molecule has 150 valence electrons. The van der Waals surface area contributed by atoms with E-state index in [9.17, 15) is 19.7 Å². The molecule has 0 saturated carbocycles. The number of para-hydroxylation sites is 1. The maximum atomic E-state index is 13.8. The average Bonchev–Trinajstić information content (AvgIpc) is 3.44. The summed E-state index contributed by atoms with van der Waals surface area (Å²) in [6.07, 6.45) is 3.74. The smallest absolute Gasteiger partial charge is 0.195 e. The molecule has 2 aliphatic rings. The van der Waals surface area contributed by atoms with Crippen LogP contribution >= 0.6 is 11.3 Å². The lowest BCUT2D eigenvalue weighted by Crippen LogP contribution is -2.44. The molecule has 0 spiro atoms.